The molecule has 0 aromatic carbocycles. The van der Waals surface area contributed by atoms with Crippen molar-refractivity contribution in [1.29, 1.82) is 0 Å². The molecule has 33 heavy (non-hydrogen) atoms. The van der Waals surface area contributed by atoms with E-state index in [0.29, 0.717) is 23.1 Å². The molecule has 0 spiro atoms. The number of hydrogen-bond donors (Lipinski definition) is 2. The zero-order chi connectivity index (χ0) is 24.9. The first-order chi connectivity index (χ1) is 15.5. The quantitative estimate of drug-likeness (QED) is 0.222. The average Bonchev–Trinajstić information content (AvgIpc) is 3.14. The molecule has 1 aromatic rings. The van der Waals surface area contributed by atoms with Crippen molar-refractivity contribution in [2.24, 2.45) is 5.92 Å². The number of halogens is 3. The van der Waals surface area contributed by atoms with E-state index < -0.39 is 23.5 Å². The van der Waals surface area contributed by atoms with Crippen LogP contribution in [0.4, 0.5) is 13.8 Å². The van der Waals surface area contributed by atoms with Crippen LogP contribution in [0.2, 0.25) is 0 Å². The second-order valence-electron chi connectivity index (χ2n) is 7.34. The van der Waals surface area contributed by atoms with Gasteiger partial charge in [0, 0.05) is 27.6 Å². The summed E-state index contributed by atoms with van der Waals surface area (Å²) in [7, 11) is 0. The fourth-order valence-corrected chi connectivity index (χ4v) is 4.40. The number of aromatic carboxylic acids is 1. The molecule has 1 aliphatic rings. The summed E-state index contributed by atoms with van der Waals surface area (Å²) >= 11 is 7.12. The summed E-state index contributed by atoms with van der Waals surface area (Å²) in [5.41, 5.74) is 1.21. The Morgan fingerprint density at radius 1 is 1.33 bits per heavy atom. The van der Waals surface area contributed by atoms with Crippen molar-refractivity contribution in [2.75, 3.05) is 5.32 Å². The Bertz CT molecular complexity index is 1140. The lowest BCUT2D eigenvalue weighted by Gasteiger charge is -2.19. The average molecular weight is 496 g/mol. The van der Waals surface area contributed by atoms with Crippen molar-refractivity contribution in [3.63, 3.8) is 0 Å². The van der Waals surface area contributed by atoms with Crippen molar-refractivity contribution in [1.82, 2.24) is 0 Å². The fourth-order valence-electron chi connectivity index (χ4n) is 3.15. The molecule has 0 aliphatic heterocycles. The van der Waals surface area contributed by atoms with E-state index in [4.69, 9.17) is 16.3 Å². The van der Waals surface area contributed by atoms with E-state index in [2.05, 4.69) is 11.9 Å². The van der Waals surface area contributed by atoms with Crippen LogP contribution in [0, 0.1) is 5.92 Å². The van der Waals surface area contributed by atoms with Gasteiger partial charge in [0.15, 0.2) is 5.76 Å². The number of allylic oxidation sites excluding steroid dienone is 9. The summed E-state index contributed by atoms with van der Waals surface area (Å²) in [5.74, 6) is -4.01. The van der Waals surface area contributed by atoms with E-state index in [1.54, 1.807) is 24.5 Å². The molecule has 2 N–H and O–H groups in total. The number of rotatable bonds is 8. The lowest BCUT2D eigenvalue weighted by molar-refractivity contribution is -0.115. The molecule has 1 unspecified atom stereocenters. The van der Waals surface area contributed by atoms with Gasteiger partial charge in [-0.3, -0.25) is 4.79 Å². The summed E-state index contributed by atoms with van der Waals surface area (Å²) < 4.78 is 32.4. The predicted octanol–water partition coefficient (Wildman–Crippen LogP) is 7.48. The fraction of sp³-hybridized carbons (Fsp3) is 0.250. The number of amides is 1. The van der Waals surface area contributed by atoms with Gasteiger partial charge in [0.1, 0.15) is 22.2 Å². The molecule has 176 valence electrons. The van der Waals surface area contributed by atoms with Gasteiger partial charge in [-0.1, -0.05) is 31.2 Å². The minimum Gasteiger partial charge on any atom is -0.478 e. The first kappa shape index (κ1) is 26.3. The molecule has 1 aliphatic carbocycles. The zero-order valence-corrected chi connectivity index (χ0v) is 20.2. The smallest absolute Gasteiger partial charge is 0.339 e. The van der Waals surface area contributed by atoms with Gasteiger partial charge in [0.25, 0.3) is 5.91 Å². The summed E-state index contributed by atoms with van der Waals surface area (Å²) in [4.78, 5) is 24.6. The highest BCUT2D eigenvalue weighted by Crippen LogP contribution is 2.40. The monoisotopic (exact) mass is 495 g/mol. The minimum atomic E-state index is -1.20. The number of carbonyl (C=O) groups is 2. The van der Waals surface area contributed by atoms with Crippen LogP contribution in [0.3, 0.4) is 0 Å². The first-order valence-corrected chi connectivity index (χ1v) is 11.2. The Labute approximate surface area is 200 Å². The Morgan fingerprint density at radius 3 is 2.55 bits per heavy atom. The van der Waals surface area contributed by atoms with Gasteiger partial charge in [-0.2, -0.15) is 0 Å². The maximum atomic E-state index is 14.1. The summed E-state index contributed by atoms with van der Waals surface area (Å²) in [6, 6.07) is 0. The normalized spacial score (nSPS) is 17.6. The maximum absolute atomic E-state index is 14.1. The van der Waals surface area contributed by atoms with E-state index >= 15 is 0 Å². The van der Waals surface area contributed by atoms with Gasteiger partial charge in [0.2, 0.25) is 0 Å². The van der Waals surface area contributed by atoms with Gasteiger partial charge >= 0.3 is 5.97 Å². The Balaban J connectivity index is 2.27. The minimum absolute atomic E-state index is 0.000894. The molecular weight excluding hydrogens is 472 g/mol. The summed E-state index contributed by atoms with van der Waals surface area (Å²) in [6.07, 6.45) is 6.17. The highest BCUT2D eigenvalue weighted by Gasteiger charge is 2.26. The van der Waals surface area contributed by atoms with E-state index in [-0.39, 0.29) is 33.6 Å². The highest BCUT2D eigenvalue weighted by molar-refractivity contribution is 7.15. The molecule has 2 rings (SSSR count). The third-order valence-corrected chi connectivity index (χ3v) is 6.00. The Hall–Kier alpha value is -2.97. The molecular formula is C24H24ClF2NO4S. The Kier molecular flexibility index (Phi) is 8.96. The van der Waals surface area contributed by atoms with Gasteiger partial charge in [0.05, 0.1) is 5.83 Å². The van der Waals surface area contributed by atoms with Crippen molar-refractivity contribution < 1.29 is 28.2 Å². The van der Waals surface area contributed by atoms with Crippen LogP contribution >= 0.6 is 22.9 Å². The number of ether oxygens (including phenoxy) is 1. The third kappa shape index (κ3) is 6.52. The van der Waals surface area contributed by atoms with Crippen LogP contribution in [0.5, 0.6) is 0 Å². The van der Waals surface area contributed by atoms with Gasteiger partial charge in [-0.25, -0.2) is 13.6 Å². The van der Waals surface area contributed by atoms with Gasteiger partial charge in [-0.05, 0) is 50.8 Å². The molecule has 0 bridgehead atoms. The number of thiophene rings is 1. The standard InChI is InChI=1S/C24H24ClF2NO4S/c1-6-20(14(4)19(27)10-13(3)26)32-15(5)22(29)28-23-21(24(30)31)18(11-33-23)17-8-7-16(25)9-12(17)2/h6-8,10-12H,5,9H2,1-4H3,(H,28,29)(H,30,31)/b13-10+,19-14+,20-6+. The van der Waals surface area contributed by atoms with Gasteiger partial charge < -0.3 is 15.2 Å². The summed E-state index contributed by atoms with van der Waals surface area (Å²) in [5, 5.41) is 14.7. The number of anilines is 1. The molecule has 0 saturated carbocycles. The molecule has 5 nitrogen and oxygen atoms in total. The predicted molar refractivity (Wildman–Crippen MR) is 128 cm³/mol. The number of carboxylic acids is 1. The Morgan fingerprint density at radius 2 is 2.00 bits per heavy atom. The molecule has 1 heterocycles. The van der Waals surface area contributed by atoms with Crippen LogP contribution in [-0.2, 0) is 9.53 Å². The van der Waals surface area contributed by atoms with Crippen LogP contribution < -0.4 is 5.32 Å². The number of hydrogen-bond acceptors (Lipinski definition) is 4. The van der Waals surface area contributed by atoms with Crippen molar-refractivity contribution in [3.8, 4) is 0 Å². The van der Waals surface area contributed by atoms with Gasteiger partial charge in [-0.15, -0.1) is 11.3 Å². The molecule has 0 saturated heterocycles. The van der Waals surface area contributed by atoms with Crippen molar-refractivity contribution in [2.45, 2.75) is 34.1 Å². The summed E-state index contributed by atoms with van der Waals surface area (Å²) in [6.45, 7) is 9.50. The third-order valence-electron chi connectivity index (χ3n) is 4.82. The van der Waals surface area contributed by atoms with Crippen LogP contribution in [0.25, 0.3) is 5.57 Å². The number of nitrogens with one attached hydrogen (secondary N) is 1. The van der Waals surface area contributed by atoms with Crippen molar-refractivity contribution in [3.05, 3.63) is 81.2 Å². The zero-order valence-electron chi connectivity index (χ0n) is 18.6. The van der Waals surface area contributed by atoms with E-state index in [9.17, 15) is 23.5 Å². The number of carbonyl (C=O) groups excluding carboxylic acids is 1. The SMILES string of the molecule is C=C(OC(=C/C)/C(C)=C(F)\C=C(/C)F)C(=O)Nc1scc(C2=CC=C(Cl)CC2C)c1C(=O)O. The molecule has 1 amide bonds. The van der Waals surface area contributed by atoms with E-state index in [0.717, 1.165) is 23.8 Å². The van der Waals surface area contributed by atoms with Crippen LogP contribution in [-0.4, -0.2) is 17.0 Å². The largest absolute Gasteiger partial charge is 0.478 e. The molecule has 1 atom stereocenters. The van der Waals surface area contributed by atoms with Crippen LogP contribution in [0.1, 0.15) is 50.0 Å². The maximum Gasteiger partial charge on any atom is 0.339 e. The lowest BCUT2D eigenvalue weighted by Crippen LogP contribution is -2.17. The van der Waals surface area contributed by atoms with Crippen LogP contribution in [0.15, 0.2) is 70.0 Å². The topological polar surface area (TPSA) is 75.6 Å². The highest BCUT2D eigenvalue weighted by atomic mass is 35.5. The second kappa shape index (κ2) is 11.2. The molecule has 9 heteroatoms. The number of carboxylic acid groups (broad SMARTS) is 1. The van der Waals surface area contributed by atoms with Crippen molar-refractivity contribution >= 4 is 45.4 Å². The molecule has 0 radical (unpaired) electrons. The molecule has 0 fully saturated rings. The lowest BCUT2D eigenvalue weighted by atomic mass is 9.87. The van der Waals surface area contributed by atoms with E-state index in [1.165, 1.54) is 13.0 Å². The second-order valence-corrected chi connectivity index (χ2v) is 8.70. The van der Waals surface area contributed by atoms with E-state index in [1.807, 2.05) is 6.92 Å². The molecule has 1 aromatic heterocycles. The first-order valence-electron chi connectivity index (χ1n) is 9.92.